The van der Waals surface area contributed by atoms with E-state index in [1.54, 1.807) is 19.1 Å². The van der Waals surface area contributed by atoms with Gasteiger partial charge in [0.25, 0.3) is 0 Å². The molecule has 0 aliphatic carbocycles. The van der Waals surface area contributed by atoms with Gasteiger partial charge in [0.05, 0.1) is 6.04 Å². The fourth-order valence-electron chi connectivity index (χ4n) is 6.43. The summed E-state index contributed by atoms with van der Waals surface area (Å²) in [6.07, 6.45) is 4.76. The first-order valence-electron chi connectivity index (χ1n) is 19.3. The van der Waals surface area contributed by atoms with Crippen molar-refractivity contribution in [2.75, 3.05) is 19.6 Å². The zero-order valence-electron chi connectivity index (χ0n) is 32.4. The molecule has 1 aromatic rings. The number of unbranched alkanes of at least 4 members (excludes halogenated alkanes) is 2. The van der Waals surface area contributed by atoms with E-state index in [0.717, 1.165) is 0 Å². The van der Waals surface area contributed by atoms with Crippen LogP contribution in [-0.4, -0.2) is 107 Å². The lowest BCUT2D eigenvalue weighted by Gasteiger charge is -2.31. The number of nitrogens with two attached hydrogens (primary N) is 3. The van der Waals surface area contributed by atoms with Crippen LogP contribution in [0.4, 0.5) is 0 Å². The number of nitrogens with zero attached hydrogens (tertiary/aromatic N) is 1. The number of amides is 5. The lowest BCUT2D eigenvalue weighted by molar-refractivity contribution is -0.143. The molecule has 12 N–H and O–H groups in total. The minimum atomic E-state index is -1.21. The van der Waals surface area contributed by atoms with E-state index in [4.69, 9.17) is 17.2 Å². The van der Waals surface area contributed by atoms with E-state index in [9.17, 15) is 39.0 Å². The number of hydrogen-bond acceptors (Lipinski definition) is 10. The second-order valence-electron chi connectivity index (χ2n) is 14.8. The zero-order valence-corrected chi connectivity index (χ0v) is 32.4. The van der Waals surface area contributed by atoms with Crippen molar-refractivity contribution in [3.63, 3.8) is 0 Å². The summed E-state index contributed by atoms with van der Waals surface area (Å²) in [7, 11) is 0. The van der Waals surface area contributed by atoms with Gasteiger partial charge in [-0.3, -0.25) is 24.0 Å². The number of likely N-dealkylation sites (tertiary alicyclic amines) is 1. The number of carbonyl (C=O) groups is 6. The Kier molecular flexibility index (Phi) is 20.0. The highest BCUT2D eigenvalue weighted by Gasteiger charge is 2.40. The number of aromatic hydroxyl groups is 1. The molecule has 0 radical (unpaired) electrons. The van der Waals surface area contributed by atoms with Crippen LogP contribution in [0.2, 0.25) is 0 Å². The number of rotatable bonds is 24. The highest BCUT2D eigenvalue weighted by molar-refractivity contribution is 5.96. The van der Waals surface area contributed by atoms with Crippen molar-refractivity contribution in [1.82, 2.24) is 26.2 Å². The molecule has 0 unspecified atom stereocenters. The van der Waals surface area contributed by atoms with E-state index in [-0.39, 0.29) is 31.1 Å². The van der Waals surface area contributed by atoms with Crippen LogP contribution in [-0.2, 0) is 35.2 Å². The summed E-state index contributed by atoms with van der Waals surface area (Å²) in [5, 5.41) is 30.5. The fourth-order valence-corrected chi connectivity index (χ4v) is 6.43. The summed E-state index contributed by atoms with van der Waals surface area (Å²) >= 11 is 0. The van der Waals surface area contributed by atoms with E-state index in [0.29, 0.717) is 76.4 Å². The number of phenolic OH excluding ortho intramolecular Hbond substituents is 1. The molecule has 7 atom stereocenters. The maximum atomic E-state index is 14.0. The van der Waals surface area contributed by atoms with E-state index < -0.39 is 77.7 Å². The first-order valence-corrected chi connectivity index (χ1v) is 19.3. The highest BCUT2D eigenvalue weighted by atomic mass is 16.4. The van der Waals surface area contributed by atoms with E-state index in [2.05, 4.69) is 21.3 Å². The van der Waals surface area contributed by atoms with Crippen LogP contribution in [0.5, 0.6) is 5.75 Å². The van der Waals surface area contributed by atoms with Crippen LogP contribution in [0, 0.1) is 11.8 Å². The minimum absolute atomic E-state index is 0.0106. The number of carbonyl (C=O) groups excluding carboxylic acids is 5. The molecule has 1 aliphatic heterocycles. The molecular weight excluding hydrogens is 696 g/mol. The van der Waals surface area contributed by atoms with Crippen molar-refractivity contribution >= 4 is 35.5 Å². The second-order valence-corrected chi connectivity index (χ2v) is 14.8. The number of carboxylic acid groups (broad SMARTS) is 1. The largest absolute Gasteiger partial charge is 0.508 e. The number of hydrogen-bond donors (Lipinski definition) is 9. The summed E-state index contributed by atoms with van der Waals surface area (Å²) in [6.45, 7) is 8.41. The lowest BCUT2D eigenvalue weighted by atomic mass is 9.96. The molecule has 0 saturated carbocycles. The van der Waals surface area contributed by atoms with Crippen molar-refractivity contribution in [3.05, 3.63) is 29.8 Å². The average molecular weight is 761 g/mol. The molecular formula is C38H64N8O8. The average Bonchev–Trinajstić information content (AvgIpc) is 3.63. The molecule has 0 aromatic heterocycles. The Bertz CT molecular complexity index is 1380. The molecule has 1 aromatic carbocycles. The maximum absolute atomic E-state index is 14.0. The molecule has 0 bridgehead atoms. The first-order chi connectivity index (χ1) is 25.6. The minimum Gasteiger partial charge on any atom is -0.508 e. The number of nitrogens with one attached hydrogen (secondary N) is 4. The Labute approximate surface area is 319 Å². The lowest BCUT2D eigenvalue weighted by Crippen LogP contribution is -2.60. The van der Waals surface area contributed by atoms with Crippen molar-refractivity contribution in [2.24, 2.45) is 29.0 Å². The molecule has 16 heteroatoms. The SMILES string of the molecule is CC[C@H](C)[C@H](NC(=O)[C@H](Cc1ccc(O)cc1)NC(=O)[C@@H]1CCCN1C(=O)[C@@H](CCCCN)NC(=O)[C@H](N)CCCCN)C(=O)N[C@H](CC(C)C)C(=O)O. The third-order valence-electron chi connectivity index (χ3n) is 9.83. The van der Waals surface area contributed by atoms with Gasteiger partial charge < -0.3 is 53.6 Å². The van der Waals surface area contributed by atoms with Gasteiger partial charge in [0.1, 0.15) is 36.0 Å². The molecule has 2 rings (SSSR count). The standard InChI is InChI=1S/C38H64N8O8/c1-5-24(4)32(36(51)44-30(38(53)54)21-23(2)3)45-34(49)29(22-25-14-16-26(47)17-15-25)43-35(50)31-13-10-20-46(31)37(52)28(12-7-9-19-40)42-33(48)27(41)11-6-8-18-39/h14-17,23-24,27-32,47H,5-13,18-22,39-41H2,1-4H3,(H,42,48)(H,43,50)(H,44,51)(H,45,49)(H,53,54)/t24-,27+,28+,29-,30+,31-,32-/m0/s1. The molecule has 16 nitrogen and oxygen atoms in total. The van der Waals surface area contributed by atoms with Crippen molar-refractivity contribution in [2.45, 2.75) is 135 Å². The Morgan fingerprint density at radius 1 is 0.815 bits per heavy atom. The summed E-state index contributed by atoms with van der Waals surface area (Å²) in [5.41, 5.74) is 18.0. The fraction of sp³-hybridized carbons (Fsp3) is 0.684. The normalized spacial score (nSPS) is 17.5. The molecule has 1 saturated heterocycles. The smallest absolute Gasteiger partial charge is 0.326 e. The van der Waals surface area contributed by atoms with E-state index >= 15 is 0 Å². The molecule has 1 aliphatic rings. The summed E-state index contributed by atoms with van der Waals surface area (Å²) in [4.78, 5) is 81.9. The van der Waals surface area contributed by atoms with Gasteiger partial charge in [-0.25, -0.2) is 4.79 Å². The van der Waals surface area contributed by atoms with Crippen molar-refractivity contribution in [1.29, 1.82) is 0 Å². The molecule has 1 heterocycles. The Hall–Kier alpha value is -4.28. The molecule has 304 valence electrons. The van der Waals surface area contributed by atoms with Gasteiger partial charge in [-0.1, -0.05) is 52.7 Å². The van der Waals surface area contributed by atoms with Gasteiger partial charge in [-0.2, -0.15) is 0 Å². The molecule has 54 heavy (non-hydrogen) atoms. The van der Waals surface area contributed by atoms with Crippen LogP contribution >= 0.6 is 0 Å². The monoisotopic (exact) mass is 760 g/mol. The van der Waals surface area contributed by atoms with Gasteiger partial charge in [-0.05, 0) is 94.0 Å². The number of phenols is 1. The van der Waals surface area contributed by atoms with E-state index in [1.165, 1.54) is 17.0 Å². The summed E-state index contributed by atoms with van der Waals surface area (Å²) < 4.78 is 0. The second kappa shape index (κ2) is 23.5. The highest BCUT2D eigenvalue weighted by Crippen LogP contribution is 2.21. The van der Waals surface area contributed by atoms with Crippen LogP contribution < -0.4 is 38.5 Å². The van der Waals surface area contributed by atoms with Crippen LogP contribution in [0.3, 0.4) is 0 Å². The van der Waals surface area contributed by atoms with Gasteiger partial charge >= 0.3 is 5.97 Å². The van der Waals surface area contributed by atoms with Gasteiger partial charge in [0.15, 0.2) is 0 Å². The number of carboxylic acids is 1. The number of aliphatic carboxylic acids is 1. The van der Waals surface area contributed by atoms with Gasteiger partial charge in [0.2, 0.25) is 29.5 Å². The Balaban J connectivity index is 2.34. The van der Waals surface area contributed by atoms with Gasteiger partial charge in [0, 0.05) is 13.0 Å². The Morgan fingerprint density at radius 3 is 2.00 bits per heavy atom. The van der Waals surface area contributed by atoms with Gasteiger partial charge in [-0.15, -0.1) is 0 Å². The maximum Gasteiger partial charge on any atom is 0.326 e. The zero-order chi connectivity index (χ0) is 40.4. The molecule has 0 spiro atoms. The summed E-state index contributed by atoms with van der Waals surface area (Å²) in [6, 6.07) is -0.0902. The quantitative estimate of drug-likeness (QED) is 0.0660. The van der Waals surface area contributed by atoms with Crippen LogP contribution in [0.1, 0.15) is 97.5 Å². The topological polar surface area (TPSA) is 272 Å². The van der Waals surface area contributed by atoms with E-state index in [1.807, 2.05) is 20.8 Å². The van der Waals surface area contributed by atoms with Crippen LogP contribution in [0.25, 0.3) is 0 Å². The third-order valence-corrected chi connectivity index (χ3v) is 9.83. The predicted octanol–water partition coefficient (Wildman–Crippen LogP) is 0.627. The van der Waals surface area contributed by atoms with Crippen LogP contribution in [0.15, 0.2) is 24.3 Å². The van der Waals surface area contributed by atoms with Crippen molar-refractivity contribution < 1.29 is 39.0 Å². The first kappa shape index (κ1) is 45.9. The number of benzene rings is 1. The summed E-state index contributed by atoms with van der Waals surface area (Å²) in [5.74, 6) is -4.42. The predicted molar refractivity (Wildman–Crippen MR) is 205 cm³/mol. The van der Waals surface area contributed by atoms with Crippen molar-refractivity contribution in [3.8, 4) is 5.75 Å². The molecule has 1 fully saturated rings. The third kappa shape index (κ3) is 14.9. The molecule has 5 amide bonds. The Morgan fingerprint density at radius 2 is 1.43 bits per heavy atom.